The normalized spacial score (nSPS) is 11.3. The van der Waals surface area contributed by atoms with Crippen molar-refractivity contribution < 1.29 is 36.8 Å². The quantitative estimate of drug-likeness (QED) is 0.146. The van der Waals surface area contributed by atoms with Crippen LogP contribution < -0.4 is 4.74 Å². The van der Waals surface area contributed by atoms with Crippen LogP contribution in [-0.2, 0) is 14.9 Å². The zero-order valence-corrected chi connectivity index (χ0v) is 22.4. The smallest absolute Gasteiger partial charge is 0.338 e. The molecule has 1 N–H and O–H groups in total. The molecule has 0 amide bonds. The van der Waals surface area contributed by atoms with Gasteiger partial charge in [-0.2, -0.15) is 0 Å². The molecule has 0 radical (unpaired) electrons. The number of carbonyl (C=O) groups excluding carboxylic acids is 1. The van der Waals surface area contributed by atoms with E-state index in [1.54, 1.807) is 12.1 Å². The van der Waals surface area contributed by atoms with Gasteiger partial charge in [-0.05, 0) is 92.8 Å². The Morgan fingerprint density at radius 3 is 1.94 bits per heavy atom. The maximum absolute atomic E-state index is 11.8. The number of hydrogen-bond donors (Lipinski definition) is 1. The highest BCUT2D eigenvalue weighted by Crippen LogP contribution is 2.23. The van der Waals surface area contributed by atoms with E-state index in [-0.39, 0.29) is 18.8 Å². The Morgan fingerprint density at radius 2 is 1.52 bits per heavy atom. The van der Waals surface area contributed by atoms with Gasteiger partial charge in [0, 0.05) is 3.57 Å². The first-order valence-corrected chi connectivity index (χ1v) is 13.2. The maximum atomic E-state index is 11.8. The van der Waals surface area contributed by atoms with Crippen molar-refractivity contribution in [2.45, 2.75) is 32.6 Å². The van der Waals surface area contributed by atoms with Crippen LogP contribution in [0.3, 0.4) is 0 Å². The third kappa shape index (κ3) is 9.48. The van der Waals surface area contributed by atoms with Crippen LogP contribution in [0.5, 0.6) is 11.5 Å². The Kier molecular flexibility index (Phi) is 12.1. The van der Waals surface area contributed by atoms with Gasteiger partial charge in [-0.3, -0.25) is 0 Å². The van der Waals surface area contributed by atoms with Crippen LogP contribution >= 0.6 is 22.6 Å². The molecule has 0 unspecified atom stereocenters. The summed E-state index contributed by atoms with van der Waals surface area (Å²) in [5, 5.41) is 9.51. The van der Waals surface area contributed by atoms with Crippen molar-refractivity contribution in [3.8, 4) is 11.5 Å². The van der Waals surface area contributed by atoms with Gasteiger partial charge in [-0.1, -0.05) is 0 Å². The van der Waals surface area contributed by atoms with Gasteiger partial charge in [0.25, 0.3) is 0 Å². The molecule has 0 fully saturated rings. The molecule has 0 atom stereocenters. The van der Waals surface area contributed by atoms with Crippen molar-refractivity contribution in [2.75, 3.05) is 39.4 Å². The number of hydrogen-bond acceptors (Lipinski definition) is 7. The molecule has 8 nitrogen and oxygen atoms in total. The summed E-state index contributed by atoms with van der Waals surface area (Å²) in [6, 6.07) is 10.1. The largest absolute Gasteiger partial charge is 0.744 e. The molecular weight excluding hydrogens is 561 g/mol. The summed E-state index contributed by atoms with van der Waals surface area (Å²) in [7, 11) is -4.80. The highest BCUT2D eigenvalue weighted by atomic mass is 127. The van der Waals surface area contributed by atoms with Gasteiger partial charge in [0.1, 0.15) is 34.8 Å². The second-order valence-electron chi connectivity index (χ2n) is 7.18. The van der Waals surface area contributed by atoms with Crippen LogP contribution in [-0.4, -0.2) is 67.9 Å². The van der Waals surface area contributed by atoms with Crippen molar-refractivity contribution in [2.24, 2.45) is 0 Å². The predicted molar refractivity (Wildman–Crippen MR) is 133 cm³/mol. The highest BCUT2D eigenvalue weighted by molar-refractivity contribution is 14.1. The van der Waals surface area contributed by atoms with Gasteiger partial charge in [0.05, 0.1) is 36.6 Å². The lowest BCUT2D eigenvalue weighted by atomic mass is 10.2. The molecular formula is C23H32INO7S. The number of halogens is 1. The average molecular weight is 593 g/mol. The SMILES string of the molecule is CC[N+](CC)(CC)CC.O=C(OCCOc1ccc(I)cc1)c1ccc(S(=O)(=O)[O-])c(O)c1. The number of carbonyl (C=O) groups is 1. The molecule has 0 aliphatic rings. The molecule has 0 saturated heterocycles. The molecule has 2 aromatic rings. The van der Waals surface area contributed by atoms with E-state index in [0.717, 1.165) is 21.8 Å². The molecule has 184 valence electrons. The van der Waals surface area contributed by atoms with Gasteiger partial charge in [-0.15, -0.1) is 0 Å². The van der Waals surface area contributed by atoms with Crippen molar-refractivity contribution in [1.82, 2.24) is 0 Å². The van der Waals surface area contributed by atoms with Crippen molar-refractivity contribution in [1.29, 1.82) is 0 Å². The standard InChI is InChI=1S/C15H13IO7S.C8H20N/c16-11-2-4-12(5-3-11)22-7-8-23-15(18)10-1-6-14(13(17)9-10)24(19,20)21;1-5-9(6-2,7-3)8-4/h1-6,9,17H,7-8H2,(H,19,20,21);5-8H2,1-4H3/q;+1/p-1. The Hall–Kier alpha value is -1.89. The van der Waals surface area contributed by atoms with E-state index in [9.17, 15) is 22.9 Å². The molecule has 0 spiro atoms. The number of nitrogens with zero attached hydrogens (tertiary/aromatic N) is 1. The van der Waals surface area contributed by atoms with Crippen molar-refractivity contribution >= 4 is 38.7 Å². The lowest BCUT2D eigenvalue weighted by Gasteiger charge is -2.34. The summed E-state index contributed by atoms with van der Waals surface area (Å²) in [4.78, 5) is 11.0. The molecule has 0 bridgehead atoms. The Balaban J connectivity index is 0.000000513. The topological polar surface area (TPSA) is 113 Å². The van der Waals surface area contributed by atoms with E-state index in [1.165, 1.54) is 30.7 Å². The highest BCUT2D eigenvalue weighted by Gasteiger charge is 2.16. The molecule has 0 aromatic heterocycles. The summed E-state index contributed by atoms with van der Waals surface area (Å²) in [6.45, 7) is 14.3. The van der Waals surface area contributed by atoms with E-state index >= 15 is 0 Å². The first-order chi connectivity index (χ1) is 15.5. The van der Waals surface area contributed by atoms with E-state index in [2.05, 4.69) is 50.3 Å². The monoisotopic (exact) mass is 593 g/mol. The number of aromatic hydroxyl groups is 1. The first-order valence-electron chi connectivity index (χ1n) is 10.7. The van der Waals surface area contributed by atoms with Crippen molar-refractivity contribution in [3.63, 3.8) is 0 Å². The number of phenolic OH excluding ortho intramolecular Hbond substituents is 1. The second-order valence-corrected chi connectivity index (χ2v) is 9.78. The first kappa shape index (κ1) is 29.1. The summed E-state index contributed by atoms with van der Waals surface area (Å²) < 4.78 is 45.2. The minimum atomic E-state index is -4.80. The maximum Gasteiger partial charge on any atom is 0.338 e. The van der Waals surface area contributed by atoms with E-state index in [0.29, 0.717) is 5.75 Å². The van der Waals surface area contributed by atoms with Gasteiger partial charge in [0.2, 0.25) is 0 Å². The second kappa shape index (κ2) is 13.7. The van der Waals surface area contributed by atoms with E-state index in [1.807, 2.05) is 12.1 Å². The van der Waals surface area contributed by atoms with Crippen LogP contribution in [0.15, 0.2) is 47.4 Å². The number of rotatable bonds is 10. The minimum absolute atomic E-state index is 0.0345. The van der Waals surface area contributed by atoms with Crippen LogP contribution in [0, 0.1) is 3.57 Å². The van der Waals surface area contributed by atoms with E-state index < -0.39 is 26.7 Å². The van der Waals surface area contributed by atoms with Gasteiger partial charge in [0.15, 0.2) is 0 Å². The summed E-state index contributed by atoms with van der Waals surface area (Å²) in [5.41, 5.74) is -0.0748. The van der Waals surface area contributed by atoms with Crippen LogP contribution in [0.2, 0.25) is 0 Å². The molecule has 0 aliphatic carbocycles. The number of benzene rings is 2. The molecule has 0 aliphatic heterocycles. The summed E-state index contributed by atoms with van der Waals surface area (Å²) >= 11 is 2.16. The van der Waals surface area contributed by atoms with Crippen LogP contribution in [0.4, 0.5) is 0 Å². The third-order valence-electron chi connectivity index (χ3n) is 5.55. The fourth-order valence-electron chi connectivity index (χ4n) is 3.11. The molecule has 33 heavy (non-hydrogen) atoms. The molecule has 2 rings (SSSR count). The Morgan fingerprint density at radius 1 is 0.970 bits per heavy atom. The fourth-order valence-corrected chi connectivity index (χ4v) is 4.01. The third-order valence-corrected chi connectivity index (χ3v) is 7.15. The Labute approximate surface area is 210 Å². The van der Waals surface area contributed by atoms with Gasteiger partial charge >= 0.3 is 5.97 Å². The minimum Gasteiger partial charge on any atom is -0.744 e. The summed E-state index contributed by atoms with van der Waals surface area (Å²) in [5.74, 6) is -0.935. The average Bonchev–Trinajstić information content (AvgIpc) is 2.79. The van der Waals surface area contributed by atoms with E-state index in [4.69, 9.17) is 9.47 Å². The number of esters is 1. The van der Waals surface area contributed by atoms with Crippen LogP contribution in [0.25, 0.3) is 0 Å². The van der Waals surface area contributed by atoms with Gasteiger partial charge in [-0.25, -0.2) is 13.2 Å². The molecule has 2 aromatic carbocycles. The Bertz CT molecular complexity index is 973. The number of quaternary nitrogens is 1. The zero-order chi connectivity index (χ0) is 25.1. The van der Waals surface area contributed by atoms with Crippen LogP contribution in [0.1, 0.15) is 38.1 Å². The lowest BCUT2D eigenvalue weighted by Crippen LogP contribution is -2.47. The predicted octanol–water partition coefficient (Wildman–Crippen LogP) is 4.02. The molecule has 10 heteroatoms. The zero-order valence-electron chi connectivity index (χ0n) is 19.4. The lowest BCUT2D eigenvalue weighted by molar-refractivity contribution is -0.921. The summed E-state index contributed by atoms with van der Waals surface area (Å²) in [6.07, 6.45) is 0. The van der Waals surface area contributed by atoms with Gasteiger partial charge < -0.3 is 23.6 Å². The fraction of sp³-hybridized carbons (Fsp3) is 0.435. The number of phenols is 1. The number of ether oxygens (including phenoxy) is 2. The molecule has 0 saturated carbocycles. The molecule has 0 heterocycles. The van der Waals surface area contributed by atoms with Crippen molar-refractivity contribution in [3.05, 3.63) is 51.6 Å².